The van der Waals surface area contributed by atoms with E-state index in [1.165, 1.54) is 25.3 Å². The van der Waals surface area contributed by atoms with Crippen molar-refractivity contribution in [3.8, 4) is 0 Å². The molecule has 1 aliphatic rings. The molecule has 112 valence electrons. The van der Waals surface area contributed by atoms with Gasteiger partial charge in [0.15, 0.2) is 0 Å². The predicted octanol–water partition coefficient (Wildman–Crippen LogP) is 3.36. The number of aryl methyl sites for hydroxylation is 1. The number of hydrogen-bond donors (Lipinski definition) is 1. The van der Waals surface area contributed by atoms with Crippen molar-refractivity contribution in [3.63, 3.8) is 0 Å². The highest BCUT2D eigenvalue weighted by molar-refractivity contribution is 5.87. The largest absolute Gasteiger partial charge is 0.478 e. The Labute approximate surface area is 125 Å². The minimum absolute atomic E-state index is 0. The van der Waals surface area contributed by atoms with E-state index in [9.17, 15) is 9.18 Å². The number of halogens is 2. The molecule has 1 fully saturated rings. The monoisotopic (exact) mass is 301 g/mol. The van der Waals surface area contributed by atoms with Gasteiger partial charge in [0.1, 0.15) is 5.82 Å². The van der Waals surface area contributed by atoms with Gasteiger partial charge in [0.05, 0.1) is 5.56 Å². The van der Waals surface area contributed by atoms with Crippen molar-refractivity contribution in [1.29, 1.82) is 0 Å². The van der Waals surface area contributed by atoms with Crippen LogP contribution in [0.4, 0.5) is 4.39 Å². The average molecular weight is 302 g/mol. The summed E-state index contributed by atoms with van der Waals surface area (Å²) in [6, 6.07) is 4.18. The van der Waals surface area contributed by atoms with Crippen LogP contribution in [0.25, 0.3) is 0 Å². The number of piperidine rings is 1. The first-order valence-electron chi connectivity index (χ1n) is 6.91. The van der Waals surface area contributed by atoms with Gasteiger partial charge in [-0.15, -0.1) is 12.4 Å². The number of benzene rings is 1. The smallest absolute Gasteiger partial charge is 0.335 e. The Morgan fingerprint density at radius 2 is 1.95 bits per heavy atom. The van der Waals surface area contributed by atoms with Gasteiger partial charge in [-0.25, -0.2) is 9.18 Å². The van der Waals surface area contributed by atoms with E-state index >= 15 is 0 Å². The van der Waals surface area contributed by atoms with E-state index in [2.05, 4.69) is 4.90 Å². The van der Waals surface area contributed by atoms with Gasteiger partial charge in [0.25, 0.3) is 0 Å². The Morgan fingerprint density at radius 3 is 2.55 bits per heavy atom. The first-order chi connectivity index (χ1) is 9.16. The molecule has 1 N–H and O–H groups in total. The fourth-order valence-corrected chi connectivity index (χ4v) is 2.56. The first-order valence-corrected chi connectivity index (χ1v) is 6.91. The van der Waals surface area contributed by atoms with Crippen LogP contribution in [0.1, 0.15) is 41.6 Å². The highest BCUT2D eigenvalue weighted by atomic mass is 35.5. The predicted molar refractivity (Wildman–Crippen MR) is 79.2 cm³/mol. The molecule has 1 heterocycles. The fourth-order valence-electron chi connectivity index (χ4n) is 2.56. The second-order valence-electron chi connectivity index (χ2n) is 5.12. The van der Waals surface area contributed by atoms with Crippen molar-refractivity contribution in [2.24, 2.45) is 0 Å². The molecule has 20 heavy (non-hydrogen) atoms. The molecule has 2 rings (SSSR count). The summed E-state index contributed by atoms with van der Waals surface area (Å²) in [5.74, 6) is -1.49. The van der Waals surface area contributed by atoms with Crippen LogP contribution in [0.3, 0.4) is 0 Å². The number of carboxylic acids is 1. The topological polar surface area (TPSA) is 40.5 Å². The number of hydrogen-bond acceptors (Lipinski definition) is 2. The normalized spacial score (nSPS) is 15.7. The van der Waals surface area contributed by atoms with Gasteiger partial charge in [0, 0.05) is 0 Å². The summed E-state index contributed by atoms with van der Waals surface area (Å²) >= 11 is 0. The van der Waals surface area contributed by atoms with Gasteiger partial charge in [0.2, 0.25) is 0 Å². The van der Waals surface area contributed by atoms with E-state index < -0.39 is 11.8 Å². The van der Waals surface area contributed by atoms with E-state index in [-0.39, 0.29) is 18.0 Å². The molecule has 0 amide bonds. The highest BCUT2D eigenvalue weighted by Gasteiger charge is 2.11. The van der Waals surface area contributed by atoms with Crippen LogP contribution in [-0.2, 0) is 6.42 Å². The average Bonchev–Trinajstić information content (AvgIpc) is 2.41. The number of carbonyl (C=O) groups is 1. The number of nitrogens with zero attached hydrogens (tertiary/aromatic N) is 1. The summed E-state index contributed by atoms with van der Waals surface area (Å²) in [6.45, 7) is 3.31. The van der Waals surface area contributed by atoms with Gasteiger partial charge >= 0.3 is 5.97 Å². The summed E-state index contributed by atoms with van der Waals surface area (Å²) < 4.78 is 13.7. The van der Waals surface area contributed by atoms with Crippen molar-refractivity contribution in [1.82, 2.24) is 4.90 Å². The molecule has 0 spiro atoms. The molecular formula is C15H21ClFNO2. The standard InChI is InChI=1S/C15H20FNO2.ClH/c16-14-11-13(15(18)19)7-6-12(14)5-4-10-17-8-2-1-3-9-17;/h6-7,11H,1-5,8-10H2,(H,18,19);1H. The second-order valence-corrected chi connectivity index (χ2v) is 5.12. The maximum atomic E-state index is 13.7. The summed E-state index contributed by atoms with van der Waals surface area (Å²) in [6.07, 6.45) is 5.44. The second kappa shape index (κ2) is 8.22. The van der Waals surface area contributed by atoms with Gasteiger partial charge < -0.3 is 10.0 Å². The number of carboxylic acid groups (broad SMARTS) is 1. The lowest BCUT2D eigenvalue weighted by atomic mass is 10.1. The van der Waals surface area contributed by atoms with Crippen LogP contribution >= 0.6 is 12.4 Å². The molecule has 0 radical (unpaired) electrons. The maximum Gasteiger partial charge on any atom is 0.335 e. The summed E-state index contributed by atoms with van der Waals surface area (Å²) in [5.41, 5.74) is 0.624. The van der Waals surface area contributed by atoms with Crippen LogP contribution in [0.5, 0.6) is 0 Å². The molecule has 0 bridgehead atoms. The summed E-state index contributed by atoms with van der Waals surface area (Å²) in [4.78, 5) is 13.1. The van der Waals surface area contributed by atoms with E-state index in [0.29, 0.717) is 12.0 Å². The van der Waals surface area contributed by atoms with Crippen molar-refractivity contribution in [2.45, 2.75) is 32.1 Å². The van der Waals surface area contributed by atoms with Crippen LogP contribution in [0, 0.1) is 5.82 Å². The lowest BCUT2D eigenvalue weighted by molar-refractivity contribution is 0.0696. The summed E-state index contributed by atoms with van der Waals surface area (Å²) in [7, 11) is 0. The van der Waals surface area contributed by atoms with Crippen LogP contribution in [-0.4, -0.2) is 35.6 Å². The van der Waals surface area contributed by atoms with E-state index in [1.54, 1.807) is 6.07 Å². The SMILES string of the molecule is Cl.O=C(O)c1ccc(CCCN2CCCCC2)c(F)c1. The zero-order valence-electron chi connectivity index (χ0n) is 11.5. The Balaban J connectivity index is 0.00000200. The maximum absolute atomic E-state index is 13.7. The number of rotatable bonds is 5. The first kappa shape index (κ1) is 16.9. The van der Waals surface area contributed by atoms with Crippen LogP contribution < -0.4 is 0 Å². The van der Waals surface area contributed by atoms with Crippen molar-refractivity contribution >= 4 is 18.4 Å². The third kappa shape index (κ3) is 4.76. The van der Waals surface area contributed by atoms with Crippen molar-refractivity contribution in [3.05, 3.63) is 35.1 Å². The number of likely N-dealkylation sites (tertiary alicyclic amines) is 1. The molecule has 1 aromatic rings. The molecular weight excluding hydrogens is 281 g/mol. The molecule has 5 heteroatoms. The molecule has 0 aromatic heterocycles. The van der Waals surface area contributed by atoms with E-state index in [1.807, 2.05) is 0 Å². The third-order valence-corrected chi connectivity index (χ3v) is 3.67. The zero-order chi connectivity index (χ0) is 13.7. The van der Waals surface area contributed by atoms with Crippen molar-refractivity contribution < 1.29 is 14.3 Å². The molecule has 0 unspecified atom stereocenters. The fraction of sp³-hybridized carbons (Fsp3) is 0.533. The van der Waals surface area contributed by atoms with Gasteiger partial charge in [-0.3, -0.25) is 0 Å². The molecule has 0 aliphatic carbocycles. The van der Waals surface area contributed by atoms with Crippen LogP contribution in [0.2, 0.25) is 0 Å². The Morgan fingerprint density at radius 1 is 1.25 bits per heavy atom. The molecule has 0 atom stereocenters. The quantitative estimate of drug-likeness (QED) is 0.906. The molecule has 1 saturated heterocycles. The van der Waals surface area contributed by atoms with Gasteiger partial charge in [-0.05, 0) is 63.0 Å². The minimum atomic E-state index is -1.08. The van der Waals surface area contributed by atoms with Gasteiger partial charge in [-0.1, -0.05) is 12.5 Å². The zero-order valence-corrected chi connectivity index (χ0v) is 12.3. The van der Waals surface area contributed by atoms with Crippen LogP contribution in [0.15, 0.2) is 18.2 Å². The van der Waals surface area contributed by atoms with Gasteiger partial charge in [-0.2, -0.15) is 0 Å². The minimum Gasteiger partial charge on any atom is -0.478 e. The highest BCUT2D eigenvalue weighted by Crippen LogP contribution is 2.14. The molecule has 1 aliphatic heterocycles. The van der Waals surface area contributed by atoms with E-state index in [0.717, 1.165) is 32.1 Å². The Kier molecular flexibility index (Phi) is 6.96. The lowest BCUT2D eigenvalue weighted by Crippen LogP contribution is -2.30. The lowest BCUT2D eigenvalue weighted by Gasteiger charge is -2.26. The molecule has 3 nitrogen and oxygen atoms in total. The number of aromatic carboxylic acids is 1. The van der Waals surface area contributed by atoms with E-state index in [4.69, 9.17) is 5.11 Å². The Hall–Kier alpha value is -1.13. The van der Waals surface area contributed by atoms with Crippen molar-refractivity contribution in [2.75, 3.05) is 19.6 Å². The Bertz CT molecular complexity index is 447. The molecule has 0 saturated carbocycles. The third-order valence-electron chi connectivity index (χ3n) is 3.67. The molecule has 1 aromatic carbocycles. The summed E-state index contributed by atoms with van der Waals surface area (Å²) in [5, 5.41) is 8.77.